The van der Waals surface area contributed by atoms with Crippen LogP contribution in [-0.4, -0.2) is 29.0 Å². The first-order valence-electron chi connectivity index (χ1n) is 10.4. The van der Waals surface area contributed by atoms with E-state index in [1.165, 1.54) is 5.56 Å². The molecule has 1 saturated heterocycles. The third-order valence-electron chi connectivity index (χ3n) is 5.84. The standard InChI is InChI=1S/C24H28N4O/c1-16-9-10-21-18(3)26-24(27-22(21)15-16)28-13-11-20(12-14-28)23(29)25-17(2)19-7-5-4-6-8-19/h4-10,15,17,20H,11-14H2,1-3H3,(H,25,29)/t17-/m1/s1. The molecule has 0 radical (unpaired) electrons. The molecule has 1 N–H and O–H groups in total. The predicted molar refractivity (Wildman–Crippen MR) is 117 cm³/mol. The molecule has 2 aromatic carbocycles. The van der Waals surface area contributed by atoms with E-state index in [-0.39, 0.29) is 17.9 Å². The first-order chi connectivity index (χ1) is 14.0. The van der Waals surface area contributed by atoms with E-state index in [0.29, 0.717) is 0 Å². The minimum Gasteiger partial charge on any atom is -0.349 e. The molecule has 1 aromatic heterocycles. The van der Waals surface area contributed by atoms with Crippen LogP contribution in [-0.2, 0) is 4.79 Å². The molecule has 29 heavy (non-hydrogen) atoms. The van der Waals surface area contributed by atoms with Crippen molar-refractivity contribution in [2.24, 2.45) is 5.92 Å². The Bertz CT molecular complexity index is 1010. The summed E-state index contributed by atoms with van der Waals surface area (Å²) in [5, 5.41) is 4.27. The van der Waals surface area contributed by atoms with Crippen molar-refractivity contribution in [2.75, 3.05) is 18.0 Å². The summed E-state index contributed by atoms with van der Waals surface area (Å²) in [6.07, 6.45) is 1.64. The van der Waals surface area contributed by atoms with Gasteiger partial charge in [-0.3, -0.25) is 4.79 Å². The Hall–Kier alpha value is -2.95. The number of anilines is 1. The second-order valence-corrected chi connectivity index (χ2v) is 8.03. The Balaban J connectivity index is 1.40. The molecule has 0 bridgehead atoms. The zero-order chi connectivity index (χ0) is 20.4. The van der Waals surface area contributed by atoms with Crippen molar-refractivity contribution in [1.29, 1.82) is 0 Å². The van der Waals surface area contributed by atoms with E-state index in [4.69, 9.17) is 9.97 Å². The molecule has 1 atom stereocenters. The van der Waals surface area contributed by atoms with Crippen molar-refractivity contribution in [3.05, 3.63) is 65.4 Å². The van der Waals surface area contributed by atoms with Gasteiger partial charge in [0.15, 0.2) is 0 Å². The van der Waals surface area contributed by atoms with E-state index in [1.54, 1.807) is 0 Å². The number of hydrogen-bond acceptors (Lipinski definition) is 4. The predicted octanol–water partition coefficient (Wildman–Crippen LogP) is 4.34. The monoisotopic (exact) mass is 388 g/mol. The number of nitrogens with zero attached hydrogens (tertiary/aromatic N) is 3. The molecule has 0 unspecified atom stereocenters. The molecule has 1 aliphatic heterocycles. The maximum atomic E-state index is 12.7. The summed E-state index contributed by atoms with van der Waals surface area (Å²) < 4.78 is 0. The largest absolute Gasteiger partial charge is 0.349 e. The van der Waals surface area contributed by atoms with Gasteiger partial charge in [-0.1, -0.05) is 42.5 Å². The van der Waals surface area contributed by atoms with Crippen LogP contribution in [0.2, 0.25) is 0 Å². The second kappa shape index (κ2) is 8.19. The quantitative estimate of drug-likeness (QED) is 0.722. The van der Waals surface area contributed by atoms with E-state index in [2.05, 4.69) is 47.5 Å². The smallest absolute Gasteiger partial charge is 0.226 e. The van der Waals surface area contributed by atoms with Gasteiger partial charge < -0.3 is 10.2 Å². The van der Waals surface area contributed by atoms with E-state index >= 15 is 0 Å². The zero-order valence-corrected chi connectivity index (χ0v) is 17.4. The molecule has 0 spiro atoms. The van der Waals surface area contributed by atoms with Crippen LogP contribution in [0.5, 0.6) is 0 Å². The lowest BCUT2D eigenvalue weighted by atomic mass is 9.95. The third kappa shape index (κ3) is 4.24. The fraction of sp³-hybridized carbons (Fsp3) is 0.375. The van der Waals surface area contributed by atoms with E-state index < -0.39 is 0 Å². The molecule has 5 nitrogen and oxygen atoms in total. The highest BCUT2D eigenvalue weighted by molar-refractivity contribution is 5.82. The highest BCUT2D eigenvalue weighted by atomic mass is 16.1. The number of benzene rings is 2. The normalized spacial score (nSPS) is 16.0. The molecule has 5 heteroatoms. The first-order valence-corrected chi connectivity index (χ1v) is 10.4. The van der Waals surface area contributed by atoms with Crippen LogP contribution < -0.4 is 10.2 Å². The van der Waals surface area contributed by atoms with Crippen LogP contribution in [0.3, 0.4) is 0 Å². The van der Waals surface area contributed by atoms with Crippen LogP contribution >= 0.6 is 0 Å². The van der Waals surface area contributed by atoms with Gasteiger partial charge in [0.05, 0.1) is 17.3 Å². The number of piperidine rings is 1. The molecular weight excluding hydrogens is 360 g/mol. The van der Waals surface area contributed by atoms with E-state index in [1.807, 2.05) is 32.0 Å². The van der Waals surface area contributed by atoms with Gasteiger partial charge in [-0.05, 0) is 50.8 Å². The topological polar surface area (TPSA) is 58.1 Å². The summed E-state index contributed by atoms with van der Waals surface area (Å²) in [5.41, 5.74) is 4.32. The molecule has 0 aliphatic carbocycles. The number of nitrogens with one attached hydrogen (secondary N) is 1. The molecule has 3 aromatic rings. The first kappa shape index (κ1) is 19.4. The summed E-state index contributed by atoms with van der Waals surface area (Å²) in [4.78, 5) is 24.5. The van der Waals surface area contributed by atoms with Crippen molar-refractivity contribution < 1.29 is 4.79 Å². The van der Waals surface area contributed by atoms with Crippen molar-refractivity contribution in [3.63, 3.8) is 0 Å². The molecule has 150 valence electrons. The summed E-state index contributed by atoms with van der Waals surface area (Å²) in [7, 11) is 0. The lowest BCUT2D eigenvalue weighted by Gasteiger charge is -2.32. The van der Waals surface area contributed by atoms with Crippen molar-refractivity contribution >= 4 is 22.8 Å². The maximum Gasteiger partial charge on any atom is 0.226 e. The summed E-state index contributed by atoms with van der Waals surface area (Å²) in [6, 6.07) is 16.4. The van der Waals surface area contributed by atoms with Gasteiger partial charge in [0.1, 0.15) is 0 Å². The van der Waals surface area contributed by atoms with Crippen LogP contribution in [0.15, 0.2) is 48.5 Å². The third-order valence-corrected chi connectivity index (χ3v) is 5.84. The minimum absolute atomic E-state index is 0.0245. The number of amides is 1. The maximum absolute atomic E-state index is 12.7. The minimum atomic E-state index is 0.0245. The number of aromatic nitrogens is 2. The van der Waals surface area contributed by atoms with Gasteiger partial charge in [-0.15, -0.1) is 0 Å². The van der Waals surface area contributed by atoms with Crippen molar-refractivity contribution in [3.8, 4) is 0 Å². The highest BCUT2D eigenvalue weighted by Crippen LogP contribution is 2.25. The molecule has 4 rings (SSSR count). The molecule has 1 fully saturated rings. The summed E-state index contributed by atoms with van der Waals surface area (Å²) in [6.45, 7) is 7.75. The van der Waals surface area contributed by atoms with Gasteiger partial charge in [-0.2, -0.15) is 0 Å². The molecular formula is C24H28N4O. The number of carbonyl (C=O) groups excluding carboxylic acids is 1. The highest BCUT2D eigenvalue weighted by Gasteiger charge is 2.27. The SMILES string of the molecule is Cc1ccc2c(C)nc(N3CCC(C(=O)N[C@H](C)c4ccccc4)CC3)nc2c1. The van der Waals surface area contributed by atoms with Gasteiger partial charge in [0, 0.05) is 24.4 Å². The van der Waals surface area contributed by atoms with Crippen LogP contribution in [0, 0.1) is 19.8 Å². The zero-order valence-electron chi connectivity index (χ0n) is 17.4. The van der Waals surface area contributed by atoms with Gasteiger partial charge in [-0.25, -0.2) is 9.97 Å². The number of rotatable bonds is 4. The summed E-state index contributed by atoms with van der Waals surface area (Å²) >= 11 is 0. The Morgan fingerprint density at radius 2 is 1.79 bits per heavy atom. The van der Waals surface area contributed by atoms with Gasteiger partial charge in [0.25, 0.3) is 0 Å². The Morgan fingerprint density at radius 3 is 2.52 bits per heavy atom. The van der Waals surface area contributed by atoms with Crippen LogP contribution in [0.4, 0.5) is 5.95 Å². The molecule has 1 aliphatic rings. The van der Waals surface area contributed by atoms with E-state index in [9.17, 15) is 4.79 Å². The fourth-order valence-corrected chi connectivity index (χ4v) is 4.02. The van der Waals surface area contributed by atoms with Gasteiger partial charge >= 0.3 is 0 Å². The summed E-state index contributed by atoms with van der Waals surface area (Å²) in [5.74, 6) is 0.963. The molecule has 1 amide bonds. The Morgan fingerprint density at radius 1 is 1.07 bits per heavy atom. The lowest BCUT2D eigenvalue weighted by molar-refractivity contribution is -0.126. The second-order valence-electron chi connectivity index (χ2n) is 8.03. The molecule has 0 saturated carbocycles. The van der Waals surface area contributed by atoms with Crippen LogP contribution in [0.25, 0.3) is 10.9 Å². The fourth-order valence-electron chi connectivity index (χ4n) is 4.02. The van der Waals surface area contributed by atoms with Crippen LogP contribution in [0.1, 0.15) is 42.6 Å². The average molecular weight is 389 g/mol. The average Bonchev–Trinajstić information content (AvgIpc) is 2.74. The van der Waals surface area contributed by atoms with E-state index in [0.717, 1.165) is 54.0 Å². The Labute approximate surface area is 172 Å². The molecule has 2 heterocycles. The van der Waals surface area contributed by atoms with Gasteiger partial charge in [0.2, 0.25) is 11.9 Å². The number of fused-ring (bicyclic) bond motifs is 1. The number of aryl methyl sites for hydroxylation is 2. The lowest BCUT2D eigenvalue weighted by Crippen LogP contribution is -2.41. The number of carbonyl (C=O) groups is 1. The van der Waals surface area contributed by atoms with Crippen molar-refractivity contribution in [2.45, 2.75) is 39.7 Å². The number of hydrogen-bond donors (Lipinski definition) is 1. The Kier molecular flexibility index (Phi) is 5.47. The van der Waals surface area contributed by atoms with Crippen molar-refractivity contribution in [1.82, 2.24) is 15.3 Å².